The predicted molar refractivity (Wildman–Crippen MR) is 123 cm³/mol. The van der Waals surface area contributed by atoms with Crippen LogP contribution >= 0.6 is 0 Å². The Morgan fingerprint density at radius 2 is 1.83 bits per heavy atom. The lowest BCUT2D eigenvalue weighted by Gasteiger charge is -2.22. The summed E-state index contributed by atoms with van der Waals surface area (Å²) in [5, 5.41) is 4.64. The maximum absolute atomic E-state index is 13.5. The van der Waals surface area contributed by atoms with Gasteiger partial charge in [-0.3, -0.25) is 4.79 Å². The van der Waals surface area contributed by atoms with E-state index in [-0.39, 0.29) is 41.9 Å². The number of benzene rings is 3. The van der Waals surface area contributed by atoms with Crippen molar-refractivity contribution >= 4 is 22.4 Å². The predicted octanol–water partition coefficient (Wildman–Crippen LogP) is 6.38. The number of aromatic nitrogens is 1. The van der Waals surface area contributed by atoms with Gasteiger partial charge in [0.1, 0.15) is 24.5 Å². The molecular formula is C26H19F3N2O4. The first-order valence-corrected chi connectivity index (χ1v) is 10.7. The van der Waals surface area contributed by atoms with E-state index in [2.05, 4.69) is 10.3 Å². The van der Waals surface area contributed by atoms with Crippen LogP contribution in [-0.2, 0) is 6.18 Å². The minimum atomic E-state index is -4.54. The van der Waals surface area contributed by atoms with Crippen LogP contribution in [0.3, 0.4) is 0 Å². The maximum atomic E-state index is 13.5. The Morgan fingerprint density at radius 1 is 1.03 bits per heavy atom. The zero-order valence-corrected chi connectivity index (χ0v) is 18.5. The average Bonchev–Trinajstić information content (AvgIpc) is 2.83. The number of anilines is 1. The van der Waals surface area contributed by atoms with Crippen LogP contribution in [-0.4, -0.2) is 24.1 Å². The quantitative estimate of drug-likeness (QED) is 0.367. The molecule has 9 heteroatoms. The largest absolute Gasteiger partial charge is 0.484 e. The summed E-state index contributed by atoms with van der Waals surface area (Å²) in [6.45, 7) is 2.40. The van der Waals surface area contributed by atoms with Crippen molar-refractivity contribution in [3.63, 3.8) is 0 Å². The summed E-state index contributed by atoms with van der Waals surface area (Å²) in [5.41, 5.74) is 0.722. The second-order valence-electron chi connectivity index (χ2n) is 7.94. The van der Waals surface area contributed by atoms with Crippen LogP contribution in [0, 0.1) is 6.92 Å². The second-order valence-corrected chi connectivity index (χ2v) is 7.94. The fourth-order valence-electron chi connectivity index (χ4n) is 3.83. The molecule has 0 saturated heterocycles. The summed E-state index contributed by atoms with van der Waals surface area (Å²) in [7, 11) is 0. The maximum Gasteiger partial charge on any atom is 0.416 e. The van der Waals surface area contributed by atoms with Gasteiger partial charge in [-0.05, 0) is 36.6 Å². The topological polar surface area (TPSA) is 69.7 Å². The fourth-order valence-corrected chi connectivity index (χ4v) is 3.83. The summed E-state index contributed by atoms with van der Waals surface area (Å²) in [4.78, 5) is 17.6. The first kappa shape index (κ1) is 22.5. The van der Waals surface area contributed by atoms with E-state index in [1.54, 1.807) is 6.07 Å². The first-order valence-electron chi connectivity index (χ1n) is 10.7. The minimum absolute atomic E-state index is 0.0313. The third-order valence-corrected chi connectivity index (χ3v) is 5.44. The van der Waals surface area contributed by atoms with Gasteiger partial charge in [0.25, 0.3) is 11.8 Å². The Hall–Kier alpha value is -4.27. The van der Waals surface area contributed by atoms with Crippen LogP contribution in [0.2, 0.25) is 0 Å². The Labute approximate surface area is 198 Å². The van der Waals surface area contributed by atoms with Gasteiger partial charge in [-0.2, -0.15) is 13.2 Å². The van der Waals surface area contributed by atoms with Gasteiger partial charge in [0.2, 0.25) is 0 Å². The lowest BCUT2D eigenvalue weighted by Crippen LogP contribution is -2.22. The van der Waals surface area contributed by atoms with Crippen LogP contribution < -0.4 is 19.5 Å². The molecule has 0 fully saturated rings. The van der Waals surface area contributed by atoms with Crippen LogP contribution in [0.5, 0.6) is 23.1 Å². The molecule has 1 aliphatic rings. The molecule has 5 rings (SSSR count). The van der Waals surface area contributed by atoms with Crippen molar-refractivity contribution in [3.8, 4) is 23.1 Å². The number of nitrogens with one attached hydrogen (secondary N) is 1. The molecule has 0 bridgehead atoms. The van der Waals surface area contributed by atoms with Gasteiger partial charge in [-0.15, -0.1) is 0 Å². The summed E-state index contributed by atoms with van der Waals surface area (Å²) in [6, 6.07) is 15.7. The molecule has 1 amide bonds. The third-order valence-electron chi connectivity index (χ3n) is 5.44. The number of carbonyl (C=O) groups is 1. The second kappa shape index (κ2) is 8.83. The summed E-state index contributed by atoms with van der Waals surface area (Å²) >= 11 is 0. The van der Waals surface area contributed by atoms with Gasteiger partial charge in [0.05, 0.1) is 11.8 Å². The normalized spacial score (nSPS) is 12.9. The number of alkyl halides is 3. The van der Waals surface area contributed by atoms with Crippen molar-refractivity contribution in [3.05, 3.63) is 83.6 Å². The number of carbonyl (C=O) groups excluding carboxylic acids is 1. The highest BCUT2D eigenvalue weighted by Gasteiger charge is 2.31. The zero-order chi connectivity index (χ0) is 24.6. The van der Waals surface area contributed by atoms with Gasteiger partial charge in [-0.25, -0.2) is 4.98 Å². The number of hydrogen-bond acceptors (Lipinski definition) is 5. The summed E-state index contributed by atoms with van der Waals surface area (Å²) < 4.78 is 56.4. The molecule has 0 aliphatic carbocycles. The van der Waals surface area contributed by atoms with Crippen molar-refractivity contribution < 1.29 is 32.2 Å². The number of aryl methyl sites for hydroxylation is 1. The minimum Gasteiger partial charge on any atom is -0.484 e. The highest BCUT2D eigenvalue weighted by atomic mass is 19.4. The highest BCUT2D eigenvalue weighted by molar-refractivity contribution is 6.12. The molecule has 0 unspecified atom stereocenters. The van der Waals surface area contributed by atoms with E-state index >= 15 is 0 Å². The molecule has 4 aromatic rings. The average molecular weight is 480 g/mol. The molecule has 1 aliphatic heterocycles. The van der Waals surface area contributed by atoms with Gasteiger partial charge in [0.15, 0.2) is 11.5 Å². The molecule has 35 heavy (non-hydrogen) atoms. The SMILES string of the molecule is Cc1ccc2c(NC(=O)c3c(Oc4cccc(C(F)(F)F)c4)cnc4c3OCCO4)cccc2c1. The highest BCUT2D eigenvalue weighted by Crippen LogP contribution is 2.40. The Bertz CT molecular complexity index is 1440. The number of ether oxygens (including phenoxy) is 3. The Kier molecular flexibility index (Phi) is 5.68. The number of hydrogen-bond donors (Lipinski definition) is 1. The number of amides is 1. The van der Waals surface area contributed by atoms with Gasteiger partial charge in [0, 0.05) is 11.1 Å². The third kappa shape index (κ3) is 4.57. The van der Waals surface area contributed by atoms with E-state index in [9.17, 15) is 18.0 Å². The fraction of sp³-hybridized carbons (Fsp3) is 0.154. The molecule has 1 aromatic heterocycles. The zero-order valence-electron chi connectivity index (χ0n) is 18.5. The molecule has 0 saturated carbocycles. The van der Waals surface area contributed by atoms with Crippen molar-refractivity contribution in [2.24, 2.45) is 0 Å². The number of pyridine rings is 1. The van der Waals surface area contributed by atoms with Gasteiger partial charge in [-0.1, -0.05) is 42.0 Å². The van der Waals surface area contributed by atoms with Gasteiger partial charge >= 0.3 is 6.18 Å². The lowest BCUT2D eigenvalue weighted by atomic mass is 10.1. The van der Waals surface area contributed by atoms with Gasteiger partial charge < -0.3 is 19.5 Å². The van der Waals surface area contributed by atoms with Crippen LogP contribution in [0.4, 0.5) is 18.9 Å². The molecule has 3 aromatic carbocycles. The van der Waals surface area contributed by atoms with Crippen molar-refractivity contribution in [2.75, 3.05) is 18.5 Å². The number of rotatable bonds is 4. The van der Waals surface area contributed by atoms with E-state index < -0.39 is 17.6 Å². The van der Waals surface area contributed by atoms with Crippen LogP contribution in [0.15, 0.2) is 66.9 Å². The summed E-state index contributed by atoms with van der Waals surface area (Å²) in [6.07, 6.45) is -3.31. The molecule has 0 spiro atoms. The number of fused-ring (bicyclic) bond motifs is 2. The van der Waals surface area contributed by atoms with Crippen LogP contribution in [0.1, 0.15) is 21.5 Å². The van der Waals surface area contributed by atoms with Crippen LogP contribution in [0.25, 0.3) is 10.8 Å². The Balaban J connectivity index is 1.55. The van der Waals surface area contributed by atoms with Crippen molar-refractivity contribution in [1.82, 2.24) is 4.98 Å². The summed E-state index contributed by atoms with van der Waals surface area (Å²) in [5.74, 6) is -0.583. The van der Waals surface area contributed by atoms with Crippen molar-refractivity contribution in [1.29, 1.82) is 0 Å². The molecule has 6 nitrogen and oxygen atoms in total. The van der Waals surface area contributed by atoms with Crippen molar-refractivity contribution in [2.45, 2.75) is 13.1 Å². The Morgan fingerprint density at radius 3 is 2.66 bits per heavy atom. The van der Waals surface area contributed by atoms with E-state index in [1.165, 1.54) is 18.3 Å². The standard InChI is InChI=1S/C26H19F3N2O4/c1-15-8-9-19-16(12-15)4-2-7-20(19)31-24(32)22-21(14-30-25-23(22)33-10-11-34-25)35-18-6-3-5-17(13-18)26(27,28)29/h2-9,12-14H,10-11H2,1H3,(H,31,32). The van der Waals surface area contributed by atoms with E-state index in [0.29, 0.717) is 5.69 Å². The van der Waals surface area contributed by atoms with E-state index in [1.807, 2.05) is 37.3 Å². The molecule has 2 heterocycles. The lowest BCUT2D eigenvalue weighted by molar-refractivity contribution is -0.137. The van der Waals surface area contributed by atoms with E-state index in [0.717, 1.165) is 28.5 Å². The molecule has 0 atom stereocenters. The molecule has 0 radical (unpaired) electrons. The molecular weight excluding hydrogens is 461 g/mol. The monoisotopic (exact) mass is 480 g/mol. The smallest absolute Gasteiger partial charge is 0.416 e. The number of nitrogens with zero attached hydrogens (tertiary/aromatic N) is 1. The molecule has 1 N–H and O–H groups in total. The number of halogens is 3. The van der Waals surface area contributed by atoms with E-state index in [4.69, 9.17) is 14.2 Å². The first-order chi connectivity index (χ1) is 16.8. The molecule has 178 valence electrons.